The lowest BCUT2D eigenvalue weighted by Gasteiger charge is -2.33. The Hall–Kier alpha value is -2.70. The maximum absolute atomic E-state index is 13.0. The van der Waals surface area contributed by atoms with Crippen molar-refractivity contribution in [2.24, 2.45) is 0 Å². The summed E-state index contributed by atoms with van der Waals surface area (Å²) >= 11 is 0. The fourth-order valence-corrected chi connectivity index (χ4v) is 3.41. The van der Waals surface area contributed by atoms with E-state index < -0.39 is 18.6 Å². The molecule has 1 heterocycles. The SMILES string of the molecule is Nc1cccc2c1CCCN2CC(=O)N(Cc1ccccc1)CC(F)(F)F. The molecule has 2 N–H and O–H groups in total. The Morgan fingerprint density at radius 2 is 1.85 bits per heavy atom. The summed E-state index contributed by atoms with van der Waals surface area (Å²) in [6, 6.07) is 14.2. The second kappa shape index (κ2) is 7.90. The van der Waals surface area contributed by atoms with Gasteiger partial charge in [-0.25, -0.2) is 0 Å². The van der Waals surface area contributed by atoms with E-state index in [-0.39, 0.29) is 13.1 Å². The molecule has 144 valence electrons. The molecule has 0 aromatic heterocycles. The highest BCUT2D eigenvalue weighted by Gasteiger charge is 2.34. The second-order valence-corrected chi connectivity index (χ2v) is 6.72. The number of hydrogen-bond acceptors (Lipinski definition) is 3. The lowest BCUT2D eigenvalue weighted by molar-refractivity contribution is -0.161. The Balaban J connectivity index is 1.78. The first kappa shape index (κ1) is 19.1. The monoisotopic (exact) mass is 377 g/mol. The summed E-state index contributed by atoms with van der Waals surface area (Å²) in [5.41, 5.74) is 9.12. The Morgan fingerprint density at radius 1 is 1.11 bits per heavy atom. The predicted octanol–water partition coefficient (Wildman–Crippen LogP) is 3.61. The summed E-state index contributed by atoms with van der Waals surface area (Å²) in [6.45, 7) is -0.818. The van der Waals surface area contributed by atoms with Crippen LogP contribution in [0.3, 0.4) is 0 Å². The Morgan fingerprint density at radius 3 is 2.56 bits per heavy atom. The smallest absolute Gasteiger partial charge is 0.398 e. The highest BCUT2D eigenvalue weighted by Crippen LogP contribution is 2.31. The average Bonchev–Trinajstić information content (AvgIpc) is 2.62. The normalized spacial score (nSPS) is 14.0. The van der Waals surface area contributed by atoms with Crippen LogP contribution < -0.4 is 10.6 Å². The van der Waals surface area contributed by atoms with Gasteiger partial charge in [0.15, 0.2) is 0 Å². The van der Waals surface area contributed by atoms with Crippen molar-refractivity contribution in [3.63, 3.8) is 0 Å². The standard InChI is InChI=1S/C20H22F3N3O/c21-20(22,23)14-26(12-15-6-2-1-3-7-15)19(27)13-25-11-5-8-16-17(24)9-4-10-18(16)25/h1-4,6-7,9-10H,5,8,11-14,24H2. The van der Waals surface area contributed by atoms with E-state index in [1.807, 2.05) is 11.0 Å². The van der Waals surface area contributed by atoms with Crippen molar-refractivity contribution < 1.29 is 18.0 Å². The number of anilines is 2. The molecule has 3 rings (SSSR count). The molecule has 0 unspecified atom stereocenters. The number of nitrogen functional groups attached to an aromatic ring is 1. The van der Waals surface area contributed by atoms with Crippen LogP contribution >= 0.6 is 0 Å². The number of nitrogens with zero attached hydrogens (tertiary/aromatic N) is 2. The third-order valence-corrected chi connectivity index (χ3v) is 4.65. The number of nitrogens with two attached hydrogens (primary N) is 1. The Labute approximate surface area is 156 Å². The van der Waals surface area contributed by atoms with Crippen molar-refractivity contribution in [2.45, 2.75) is 25.6 Å². The van der Waals surface area contributed by atoms with E-state index in [1.54, 1.807) is 42.5 Å². The van der Waals surface area contributed by atoms with Gasteiger partial charge in [0.25, 0.3) is 0 Å². The molecule has 0 spiro atoms. The number of carbonyl (C=O) groups excluding carboxylic acids is 1. The van der Waals surface area contributed by atoms with E-state index in [0.717, 1.165) is 29.0 Å². The zero-order valence-electron chi connectivity index (χ0n) is 14.9. The molecule has 2 aromatic rings. The summed E-state index contributed by atoms with van der Waals surface area (Å²) in [5, 5.41) is 0. The van der Waals surface area contributed by atoms with Crippen molar-refractivity contribution in [3.8, 4) is 0 Å². The first-order chi connectivity index (χ1) is 12.8. The molecule has 0 saturated carbocycles. The third kappa shape index (κ3) is 4.93. The van der Waals surface area contributed by atoms with E-state index in [0.29, 0.717) is 17.8 Å². The average molecular weight is 377 g/mol. The molecule has 0 radical (unpaired) electrons. The highest BCUT2D eigenvalue weighted by molar-refractivity contribution is 5.83. The van der Waals surface area contributed by atoms with Gasteiger partial charge in [-0.1, -0.05) is 36.4 Å². The third-order valence-electron chi connectivity index (χ3n) is 4.65. The van der Waals surface area contributed by atoms with Crippen LogP contribution in [0, 0.1) is 0 Å². The van der Waals surface area contributed by atoms with Crippen molar-refractivity contribution in [3.05, 3.63) is 59.7 Å². The summed E-state index contributed by atoms with van der Waals surface area (Å²) in [4.78, 5) is 15.4. The quantitative estimate of drug-likeness (QED) is 0.810. The molecular formula is C20H22F3N3O. The van der Waals surface area contributed by atoms with Crippen LogP contribution in [0.1, 0.15) is 17.5 Å². The van der Waals surface area contributed by atoms with Gasteiger partial charge in [-0.05, 0) is 36.1 Å². The molecule has 1 aliphatic heterocycles. The Kier molecular flexibility index (Phi) is 5.58. The van der Waals surface area contributed by atoms with Crippen LogP contribution in [0.5, 0.6) is 0 Å². The van der Waals surface area contributed by atoms with Crippen LogP contribution in [0.15, 0.2) is 48.5 Å². The van der Waals surface area contributed by atoms with Gasteiger partial charge in [0, 0.05) is 24.5 Å². The van der Waals surface area contributed by atoms with Crippen LogP contribution in [0.2, 0.25) is 0 Å². The number of amides is 1. The van der Waals surface area contributed by atoms with E-state index in [4.69, 9.17) is 5.73 Å². The van der Waals surface area contributed by atoms with E-state index in [2.05, 4.69) is 0 Å². The maximum Gasteiger partial charge on any atom is 0.406 e. The summed E-state index contributed by atoms with van der Waals surface area (Å²) in [6.07, 6.45) is -2.83. The van der Waals surface area contributed by atoms with Crippen LogP contribution in [0.25, 0.3) is 0 Å². The zero-order chi connectivity index (χ0) is 19.4. The first-order valence-electron chi connectivity index (χ1n) is 8.84. The van der Waals surface area contributed by atoms with Crippen LogP contribution in [0.4, 0.5) is 24.5 Å². The number of fused-ring (bicyclic) bond motifs is 1. The Bertz CT molecular complexity index is 793. The lowest BCUT2D eigenvalue weighted by Crippen LogP contribution is -2.45. The summed E-state index contributed by atoms with van der Waals surface area (Å²) < 4.78 is 39.0. The molecule has 0 saturated heterocycles. The highest BCUT2D eigenvalue weighted by atomic mass is 19.4. The molecule has 4 nitrogen and oxygen atoms in total. The topological polar surface area (TPSA) is 49.6 Å². The molecular weight excluding hydrogens is 355 g/mol. The summed E-state index contributed by atoms with van der Waals surface area (Å²) in [7, 11) is 0. The fraction of sp³-hybridized carbons (Fsp3) is 0.350. The van der Waals surface area contributed by atoms with Crippen molar-refractivity contribution >= 4 is 17.3 Å². The van der Waals surface area contributed by atoms with Gasteiger partial charge in [0.2, 0.25) is 5.91 Å². The van der Waals surface area contributed by atoms with Gasteiger partial charge in [-0.3, -0.25) is 4.79 Å². The van der Waals surface area contributed by atoms with Gasteiger partial charge < -0.3 is 15.5 Å². The van der Waals surface area contributed by atoms with Crippen molar-refractivity contribution in [2.75, 3.05) is 30.3 Å². The number of alkyl halides is 3. The number of hydrogen-bond donors (Lipinski definition) is 1. The number of carbonyl (C=O) groups is 1. The van der Waals surface area contributed by atoms with Gasteiger partial charge in [0.05, 0.1) is 6.54 Å². The van der Waals surface area contributed by atoms with Crippen LogP contribution in [-0.2, 0) is 17.8 Å². The molecule has 2 aromatic carbocycles. The fourth-order valence-electron chi connectivity index (χ4n) is 3.41. The van der Waals surface area contributed by atoms with E-state index in [1.165, 1.54) is 0 Å². The van der Waals surface area contributed by atoms with Gasteiger partial charge in [0.1, 0.15) is 6.54 Å². The number of rotatable bonds is 5. The molecule has 0 atom stereocenters. The first-order valence-corrected chi connectivity index (χ1v) is 8.84. The second-order valence-electron chi connectivity index (χ2n) is 6.72. The van der Waals surface area contributed by atoms with E-state index >= 15 is 0 Å². The zero-order valence-corrected chi connectivity index (χ0v) is 14.9. The minimum Gasteiger partial charge on any atom is -0.398 e. The van der Waals surface area contributed by atoms with Crippen LogP contribution in [-0.4, -0.2) is 36.6 Å². The lowest BCUT2D eigenvalue weighted by atomic mass is 10.00. The molecule has 1 amide bonds. The molecule has 0 aliphatic carbocycles. The van der Waals surface area contributed by atoms with E-state index in [9.17, 15) is 18.0 Å². The van der Waals surface area contributed by atoms with Gasteiger partial charge in [-0.2, -0.15) is 13.2 Å². The minimum atomic E-state index is -4.45. The minimum absolute atomic E-state index is 0.0726. The van der Waals surface area contributed by atoms with Crippen molar-refractivity contribution in [1.29, 1.82) is 0 Å². The number of halogens is 3. The largest absolute Gasteiger partial charge is 0.406 e. The molecule has 0 fully saturated rings. The maximum atomic E-state index is 13.0. The predicted molar refractivity (Wildman–Crippen MR) is 99.3 cm³/mol. The van der Waals surface area contributed by atoms with Gasteiger partial charge >= 0.3 is 6.18 Å². The molecule has 27 heavy (non-hydrogen) atoms. The molecule has 1 aliphatic rings. The van der Waals surface area contributed by atoms with Gasteiger partial charge in [-0.15, -0.1) is 0 Å². The van der Waals surface area contributed by atoms with Crippen molar-refractivity contribution in [1.82, 2.24) is 4.90 Å². The molecule has 7 heteroatoms. The number of benzene rings is 2. The molecule has 0 bridgehead atoms. The summed E-state index contributed by atoms with van der Waals surface area (Å²) in [5.74, 6) is -0.550.